The molecule has 3 nitrogen and oxygen atoms in total. The standard InChI is InChI=1S/C14H21ClN2OSi/c1-19(2,3)7-6-18-10-17-5-4-12-13(16)8-11(15)9-14(12)17/h4-5,8-9H,6-7,10,16H2,1-3H3. The number of nitrogen functional groups attached to an aromatic ring is 1. The zero-order valence-corrected chi connectivity index (χ0v) is 13.5. The Bertz CT molecular complexity index is 575. The van der Waals surface area contributed by atoms with Crippen LogP contribution >= 0.6 is 11.6 Å². The van der Waals surface area contributed by atoms with Gasteiger partial charge in [-0.15, -0.1) is 0 Å². The van der Waals surface area contributed by atoms with Crippen LogP contribution < -0.4 is 5.73 Å². The molecule has 0 radical (unpaired) electrons. The summed E-state index contributed by atoms with van der Waals surface area (Å²) >= 11 is 6.05. The third kappa shape index (κ3) is 3.75. The Hall–Kier alpha value is -0.973. The van der Waals surface area contributed by atoms with Gasteiger partial charge in [-0.3, -0.25) is 0 Å². The molecule has 0 saturated heterocycles. The predicted molar refractivity (Wildman–Crippen MR) is 85.5 cm³/mol. The molecule has 0 spiro atoms. The molecule has 0 aliphatic rings. The highest BCUT2D eigenvalue weighted by Gasteiger charge is 2.12. The number of halogens is 1. The molecule has 2 rings (SSSR count). The summed E-state index contributed by atoms with van der Waals surface area (Å²) in [6, 6.07) is 6.88. The summed E-state index contributed by atoms with van der Waals surface area (Å²) in [5, 5.41) is 1.69. The molecular formula is C14H21ClN2OSi. The lowest BCUT2D eigenvalue weighted by molar-refractivity contribution is 0.0902. The molecule has 0 unspecified atom stereocenters. The monoisotopic (exact) mass is 296 g/mol. The van der Waals surface area contributed by atoms with Crippen LogP contribution in [-0.4, -0.2) is 19.2 Å². The Kier molecular flexibility index (Phi) is 4.23. The quantitative estimate of drug-likeness (QED) is 0.510. The third-order valence-corrected chi connectivity index (χ3v) is 5.03. The molecule has 0 aliphatic heterocycles. The number of ether oxygens (including phenoxy) is 1. The minimum absolute atomic E-state index is 0.549. The van der Waals surface area contributed by atoms with Gasteiger partial charge in [0.05, 0.1) is 5.52 Å². The SMILES string of the molecule is C[Si](C)(C)CCOCn1ccc2c(N)cc(Cl)cc21. The van der Waals surface area contributed by atoms with Gasteiger partial charge in [0.1, 0.15) is 6.73 Å². The second kappa shape index (κ2) is 5.57. The smallest absolute Gasteiger partial charge is 0.122 e. The summed E-state index contributed by atoms with van der Waals surface area (Å²) < 4.78 is 7.80. The van der Waals surface area contributed by atoms with Crippen LogP contribution in [0.5, 0.6) is 0 Å². The normalized spacial score (nSPS) is 12.2. The number of aromatic nitrogens is 1. The first-order valence-electron chi connectivity index (χ1n) is 6.48. The van der Waals surface area contributed by atoms with Crippen molar-refractivity contribution in [2.24, 2.45) is 0 Å². The van der Waals surface area contributed by atoms with Crippen LogP contribution in [0.1, 0.15) is 0 Å². The van der Waals surface area contributed by atoms with E-state index in [0.29, 0.717) is 17.4 Å². The fourth-order valence-electron chi connectivity index (χ4n) is 1.94. The van der Waals surface area contributed by atoms with Crippen molar-refractivity contribution in [2.75, 3.05) is 12.3 Å². The van der Waals surface area contributed by atoms with E-state index in [1.165, 1.54) is 6.04 Å². The maximum Gasteiger partial charge on any atom is 0.122 e. The van der Waals surface area contributed by atoms with Gasteiger partial charge in [0, 0.05) is 37.0 Å². The minimum Gasteiger partial charge on any atom is -0.398 e. The molecule has 0 atom stereocenters. The Labute approximate surface area is 120 Å². The van der Waals surface area contributed by atoms with Crippen LogP contribution in [0.4, 0.5) is 5.69 Å². The lowest BCUT2D eigenvalue weighted by atomic mass is 10.2. The van der Waals surface area contributed by atoms with Crippen molar-refractivity contribution in [1.29, 1.82) is 0 Å². The molecule has 0 amide bonds. The molecule has 0 saturated carbocycles. The van der Waals surface area contributed by atoms with E-state index in [-0.39, 0.29) is 0 Å². The fourth-order valence-corrected chi connectivity index (χ4v) is 2.92. The molecule has 2 N–H and O–H groups in total. The van der Waals surface area contributed by atoms with E-state index in [2.05, 4.69) is 19.6 Å². The van der Waals surface area contributed by atoms with Crippen molar-refractivity contribution in [3.63, 3.8) is 0 Å². The minimum atomic E-state index is -1.03. The molecule has 1 aromatic heterocycles. The largest absolute Gasteiger partial charge is 0.398 e. The number of hydrogen-bond acceptors (Lipinski definition) is 2. The van der Waals surface area contributed by atoms with E-state index in [4.69, 9.17) is 22.1 Å². The summed E-state index contributed by atoms with van der Waals surface area (Å²) in [6.45, 7) is 8.41. The van der Waals surface area contributed by atoms with E-state index in [1.54, 1.807) is 6.07 Å². The maximum atomic E-state index is 6.05. The third-order valence-electron chi connectivity index (χ3n) is 3.11. The van der Waals surface area contributed by atoms with E-state index in [0.717, 1.165) is 17.5 Å². The summed E-state index contributed by atoms with van der Waals surface area (Å²) in [5.74, 6) is 0. The van der Waals surface area contributed by atoms with Gasteiger partial charge >= 0.3 is 0 Å². The van der Waals surface area contributed by atoms with Gasteiger partial charge in [0.15, 0.2) is 0 Å². The Morgan fingerprint density at radius 3 is 2.74 bits per heavy atom. The van der Waals surface area contributed by atoms with Gasteiger partial charge in [0.25, 0.3) is 0 Å². The van der Waals surface area contributed by atoms with Crippen molar-refractivity contribution in [2.45, 2.75) is 32.4 Å². The number of fused-ring (bicyclic) bond motifs is 1. The van der Waals surface area contributed by atoms with Crippen LogP contribution in [0.15, 0.2) is 24.4 Å². The zero-order valence-electron chi connectivity index (χ0n) is 11.7. The van der Waals surface area contributed by atoms with Gasteiger partial charge < -0.3 is 15.0 Å². The number of nitrogens with two attached hydrogens (primary N) is 1. The lowest BCUT2D eigenvalue weighted by Crippen LogP contribution is -2.21. The van der Waals surface area contributed by atoms with Crippen molar-refractivity contribution < 1.29 is 4.74 Å². The molecule has 104 valence electrons. The van der Waals surface area contributed by atoms with Crippen LogP contribution in [0, 0.1) is 0 Å². The van der Waals surface area contributed by atoms with E-state index >= 15 is 0 Å². The van der Waals surface area contributed by atoms with Crippen molar-refractivity contribution >= 4 is 36.3 Å². The first kappa shape index (κ1) is 14.4. The van der Waals surface area contributed by atoms with Gasteiger partial charge in [-0.2, -0.15) is 0 Å². The van der Waals surface area contributed by atoms with E-state index < -0.39 is 8.07 Å². The van der Waals surface area contributed by atoms with Gasteiger partial charge in [0.2, 0.25) is 0 Å². The van der Waals surface area contributed by atoms with Crippen LogP contribution in [0.3, 0.4) is 0 Å². The summed E-state index contributed by atoms with van der Waals surface area (Å²) in [6.07, 6.45) is 1.99. The van der Waals surface area contributed by atoms with Gasteiger partial charge in [-0.25, -0.2) is 0 Å². The van der Waals surface area contributed by atoms with Gasteiger partial charge in [-0.1, -0.05) is 31.2 Å². The molecular weight excluding hydrogens is 276 g/mol. The molecule has 1 aromatic carbocycles. The predicted octanol–water partition coefficient (Wildman–Crippen LogP) is 4.19. The van der Waals surface area contributed by atoms with Crippen molar-refractivity contribution in [1.82, 2.24) is 4.57 Å². The average molecular weight is 297 g/mol. The maximum absolute atomic E-state index is 6.05. The molecule has 19 heavy (non-hydrogen) atoms. The summed E-state index contributed by atoms with van der Waals surface area (Å²) in [4.78, 5) is 0. The molecule has 0 aliphatic carbocycles. The van der Waals surface area contributed by atoms with Crippen LogP contribution in [0.2, 0.25) is 30.7 Å². The fraction of sp³-hybridized carbons (Fsp3) is 0.429. The first-order valence-corrected chi connectivity index (χ1v) is 10.6. The topological polar surface area (TPSA) is 40.2 Å². The second-order valence-corrected chi connectivity index (χ2v) is 12.1. The summed E-state index contributed by atoms with van der Waals surface area (Å²) in [7, 11) is -1.03. The lowest BCUT2D eigenvalue weighted by Gasteiger charge is -2.15. The van der Waals surface area contributed by atoms with Crippen molar-refractivity contribution in [3.05, 3.63) is 29.4 Å². The van der Waals surface area contributed by atoms with E-state index in [1.807, 2.05) is 22.9 Å². The Morgan fingerprint density at radius 2 is 2.05 bits per heavy atom. The Balaban J connectivity index is 2.05. The molecule has 5 heteroatoms. The van der Waals surface area contributed by atoms with Crippen molar-refractivity contribution in [3.8, 4) is 0 Å². The molecule has 0 fully saturated rings. The first-order chi connectivity index (χ1) is 8.87. The average Bonchev–Trinajstić information content (AvgIpc) is 2.66. The van der Waals surface area contributed by atoms with Crippen LogP contribution in [0.25, 0.3) is 10.9 Å². The highest BCUT2D eigenvalue weighted by Crippen LogP contribution is 2.26. The highest BCUT2D eigenvalue weighted by molar-refractivity contribution is 6.76. The second-order valence-electron chi connectivity index (χ2n) is 6.06. The number of benzene rings is 1. The molecule has 1 heterocycles. The Morgan fingerprint density at radius 1 is 1.32 bits per heavy atom. The number of anilines is 1. The number of hydrogen-bond donors (Lipinski definition) is 1. The van der Waals surface area contributed by atoms with E-state index in [9.17, 15) is 0 Å². The highest BCUT2D eigenvalue weighted by atomic mass is 35.5. The number of nitrogens with zero attached hydrogens (tertiary/aromatic N) is 1. The zero-order chi connectivity index (χ0) is 14.0. The number of rotatable bonds is 5. The summed E-state index contributed by atoms with van der Waals surface area (Å²) in [5.41, 5.74) is 7.69. The molecule has 2 aromatic rings. The van der Waals surface area contributed by atoms with Gasteiger partial charge in [-0.05, 0) is 24.2 Å². The molecule has 0 bridgehead atoms. The van der Waals surface area contributed by atoms with Crippen LogP contribution in [-0.2, 0) is 11.5 Å².